The maximum atomic E-state index is 12.1. The highest BCUT2D eigenvalue weighted by atomic mass is 35.5. The zero-order valence-corrected chi connectivity index (χ0v) is 14.5. The van der Waals surface area contributed by atoms with E-state index >= 15 is 0 Å². The van der Waals surface area contributed by atoms with Crippen molar-refractivity contribution in [3.63, 3.8) is 0 Å². The van der Waals surface area contributed by atoms with Crippen LogP contribution in [-0.4, -0.2) is 24.2 Å². The van der Waals surface area contributed by atoms with Crippen LogP contribution in [0.5, 0.6) is 5.75 Å². The molecule has 0 N–H and O–H groups in total. The first-order valence-electron chi connectivity index (χ1n) is 6.68. The number of nitrogens with zero attached hydrogens (tertiary/aromatic N) is 2. The number of alkyl halides is 3. The smallest absolute Gasteiger partial charge is 0.406 e. The van der Waals surface area contributed by atoms with E-state index in [0.717, 1.165) is 0 Å². The van der Waals surface area contributed by atoms with Gasteiger partial charge in [0.15, 0.2) is 5.15 Å². The fourth-order valence-corrected chi connectivity index (χ4v) is 2.31. The van der Waals surface area contributed by atoms with Gasteiger partial charge in [0.1, 0.15) is 13.8 Å². The average Bonchev–Trinajstić information content (AvgIpc) is 2.76. The van der Waals surface area contributed by atoms with Crippen molar-refractivity contribution in [2.45, 2.75) is 26.0 Å². The van der Waals surface area contributed by atoms with Crippen LogP contribution in [-0.2, 0) is 0 Å². The Bertz CT molecular complexity index is 752. The van der Waals surface area contributed by atoms with E-state index in [0.29, 0.717) is 11.3 Å². The van der Waals surface area contributed by atoms with E-state index in [2.05, 4.69) is 40.9 Å². The van der Waals surface area contributed by atoms with Crippen molar-refractivity contribution in [3.8, 4) is 22.9 Å². The minimum absolute atomic E-state index is 0.256. The van der Waals surface area contributed by atoms with Gasteiger partial charge in [0.05, 0.1) is 11.3 Å². The molecule has 0 radical (unpaired) electrons. The van der Waals surface area contributed by atoms with Crippen LogP contribution in [0, 0.1) is 11.5 Å². The Morgan fingerprint density at radius 2 is 1.78 bits per heavy atom. The Kier molecular flexibility index (Phi) is 4.78. The van der Waals surface area contributed by atoms with E-state index in [1.165, 1.54) is 28.9 Å². The van der Waals surface area contributed by atoms with Gasteiger partial charge in [-0.05, 0) is 24.3 Å². The molecule has 23 heavy (non-hydrogen) atoms. The van der Waals surface area contributed by atoms with E-state index in [4.69, 9.17) is 11.6 Å². The Balaban J connectivity index is 2.24. The molecule has 2 aromatic rings. The largest absolute Gasteiger partial charge is 0.573 e. The first-order valence-corrected chi connectivity index (χ1v) is 10.6. The SMILES string of the molecule is C[Si](C)(C)C#Cc1cn(-c2ccc(OC(F)(F)F)cc2)nc1Cl. The second-order valence-corrected chi connectivity index (χ2v) is 10.9. The first kappa shape index (κ1) is 17.4. The molecule has 0 saturated heterocycles. The molecule has 0 unspecified atom stereocenters. The van der Waals surface area contributed by atoms with Gasteiger partial charge in [-0.3, -0.25) is 0 Å². The maximum absolute atomic E-state index is 12.1. The molecular formula is C15H14ClF3N2OSi. The maximum Gasteiger partial charge on any atom is 0.573 e. The molecular weight excluding hydrogens is 345 g/mol. The summed E-state index contributed by atoms with van der Waals surface area (Å²) in [5.41, 5.74) is 4.33. The summed E-state index contributed by atoms with van der Waals surface area (Å²) in [6, 6.07) is 5.35. The summed E-state index contributed by atoms with van der Waals surface area (Å²) in [5, 5.41) is 4.37. The Morgan fingerprint density at radius 1 is 1.17 bits per heavy atom. The molecule has 1 heterocycles. The van der Waals surface area contributed by atoms with Crippen LogP contribution in [0.2, 0.25) is 24.8 Å². The zero-order chi connectivity index (χ0) is 17.3. The summed E-state index contributed by atoms with van der Waals surface area (Å²) in [7, 11) is -1.54. The molecule has 0 aliphatic heterocycles. The predicted molar refractivity (Wildman–Crippen MR) is 85.5 cm³/mol. The second-order valence-electron chi connectivity index (χ2n) is 5.82. The van der Waals surface area contributed by atoms with E-state index in [-0.39, 0.29) is 10.9 Å². The molecule has 0 fully saturated rings. The molecule has 3 nitrogen and oxygen atoms in total. The highest BCUT2D eigenvalue weighted by Gasteiger charge is 2.30. The minimum Gasteiger partial charge on any atom is -0.406 e. The van der Waals surface area contributed by atoms with Crippen LogP contribution in [0.25, 0.3) is 5.69 Å². The number of benzene rings is 1. The molecule has 122 valence electrons. The Hall–Kier alpha value is -1.91. The van der Waals surface area contributed by atoms with Gasteiger partial charge in [0.2, 0.25) is 0 Å². The molecule has 0 spiro atoms. The van der Waals surface area contributed by atoms with Gasteiger partial charge in [0.25, 0.3) is 0 Å². The lowest BCUT2D eigenvalue weighted by Crippen LogP contribution is -2.17. The molecule has 0 saturated carbocycles. The number of hydrogen-bond donors (Lipinski definition) is 0. The highest BCUT2D eigenvalue weighted by molar-refractivity contribution is 6.83. The minimum atomic E-state index is -4.71. The molecule has 0 amide bonds. The third-order valence-electron chi connectivity index (χ3n) is 2.58. The first-order chi connectivity index (χ1) is 10.5. The van der Waals surface area contributed by atoms with Gasteiger partial charge < -0.3 is 4.74 Å². The van der Waals surface area contributed by atoms with Crippen molar-refractivity contribution in [1.29, 1.82) is 0 Å². The topological polar surface area (TPSA) is 27.1 Å². The van der Waals surface area contributed by atoms with Crippen molar-refractivity contribution < 1.29 is 17.9 Å². The summed E-state index contributed by atoms with van der Waals surface area (Å²) in [4.78, 5) is 0. The van der Waals surface area contributed by atoms with Crippen LogP contribution in [0.15, 0.2) is 30.5 Å². The summed E-state index contributed by atoms with van der Waals surface area (Å²) in [6.45, 7) is 6.33. The van der Waals surface area contributed by atoms with Gasteiger partial charge in [-0.25, -0.2) is 4.68 Å². The Morgan fingerprint density at radius 3 is 2.30 bits per heavy atom. The molecule has 0 atom stereocenters. The number of hydrogen-bond acceptors (Lipinski definition) is 2. The average molecular weight is 359 g/mol. The van der Waals surface area contributed by atoms with E-state index < -0.39 is 14.4 Å². The van der Waals surface area contributed by atoms with Gasteiger partial charge in [-0.15, -0.1) is 18.7 Å². The van der Waals surface area contributed by atoms with Gasteiger partial charge in [-0.1, -0.05) is 37.2 Å². The monoisotopic (exact) mass is 358 g/mol. The van der Waals surface area contributed by atoms with Gasteiger partial charge >= 0.3 is 6.36 Å². The van der Waals surface area contributed by atoms with E-state index in [1.807, 2.05) is 0 Å². The lowest BCUT2D eigenvalue weighted by Gasteiger charge is -2.09. The van der Waals surface area contributed by atoms with Gasteiger partial charge in [0, 0.05) is 6.20 Å². The van der Waals surface area contributed by atoms with E-state index in [9.17, 15) is 13.2 Å². The van der Waals surface area contributed by atoms with Crippen LogP contribution in [0.4, 0.5) is 13.2 Å². The molecule has 0 bridgehead atoms. The number of halogens is 4. The fourth-order valence-electron chi connectivity index (χ4n) is 1.62. The molecule has 8 heteroatoms. The van der Waals surface area contributed by atoms with Crippen molar-refractivity contribution in [1.82, 2.24) is 9.78 Å². The number of ether oxygens (including phenoxy) is 1. The van der Waals surface area contributed by atoms with E-state index in [1.54, 1.807) is 6.20 Å². The second kappa shape index (κ2) is 6.30. The summed E-state index contributed by atoms with van der Waals surface area (Å²) < 4.78 is 41.7. The summed E-state index contributed by atoms with van der Waals surface area (Å²) in [6.07, 6.45) is -3.06. The third kappa shape index (κ3) is 5.34. The van der Waals surface area contributed by atoms with Crippen LogP contribution < -0.4 is 4.74 Å². The van der Waals surface area contributed by atoms with Crippen molar-refractivity contribution in [2.24, 2.45) is 0 Å². The molecule has 2 rings (SSSR count). The van der Waals surface area contributed by atoms with Crippen LogP contribution >= 0.6 is 11.6 Å². The van der Waals surface area contributed by atoms with Crippen molar-refractivity contribution in [3.05, 3.63) is 41.2 Å². The standard InChI is InChI=1S/C15H14ClF3N2OSi/c1-23(2,3)9-8-11-10-21(20-14(11)16)12-4-6-13(7-5-12)22-15(17,18)19/h4-7,10H,1-3H3. The normalized spacial score (nSPS) is 11.8. The summed E-state index contributed by atoms with van der Waals surface area (Å²) >= 11 is 6.05. The summed E-state index contributed by atoms with van der Waals surface area (Å²) in [5.74, 6) is 2.72. The molecule has 0 aliphatic carbocycles. The molecule has 1 aromatic heterocycles. The fraction of sp³-hybridized carbons (Fsp3) is 0.267. The van der Waals surface area contributed by atoms with Crippen LogP contribution in [0.3, 0.4) is 0 Å². The highest BCUT2D eigenvalue weighted by Crippen LogP contribution is 2.24. The third-order valence-corrected chi connectivity index (χ3v) is 3.73. The Labute approximate surface area is 138 Å². The lowest BCUT2D eigenvalue weighted by atomic mass is 10.3. The number of rotatable bonds is 2. The van der Waals surface area contributed by atoms with Crippen molar-refractivity contribution in [2.75, 3.05) is 0 Å². The number of aromatic nitrogens is 2. The van der Waals surface area contributed by atoms with Crippen LogP contribution in [0.1, 0.15) is 5.56 Å². The van der Waals surface area contributed by atoms with Crippen molar-refractivity contribution >= 4 is 19.7 Å². The van der Waals surface area contributed by atoms with Gasteiger partial charge in [-0.2, -0.15) is 5.10 Å². The predicted octanol–water partition coefficient (Wildman–Crippen LogP) is 4.65. The zero-order valence-electron chi connectivity index (χ0n) is 12.7. The molecule has 0 aliphatic rings. The quantitative estimate of drug-likeness (QED) is 0.577. The lowest BCUT2D eigenvalue weighted by molar-refractivity contribution is -0.274. The molecule has 1 aromatic carbocycles.